The van der Waals surface area contributed by atoms with E-state index in [1.165, 1.54) is 30.3 Å². The molecule has 2 aliphatic rings. The molecule has 1 unspecified atom stereocenters. The average Bonchev–Trinajstić information content (AvgIpc) is 3.38. The maximum Gasteiger partial charge on any atom is 0.277 e. The van der Waals surface area contributed by atoms with Crippen molar-refractivity contribution in [3.8, 4) is 0 Å². The predicted octanol–water partition coefficient (Wildman–Crippen LogP) is 3.51. The van der Waals surface area contributed by atoms with Crippen molar-refractivity contribution in [1.82, 2.24) is 19.7 Å². The summed E-state index contributed by atoms with van der Waals surface area (Å²) in [7, 11) is 0. The highest BCUT2D eigenvalue weighted by atomic mass is 16.2. The molecule has 1 saturated carbocycles. The van der Waals surface area contributed by atoms with E-state index in [2.05, 4.69) is 39.4 Å². The number of nitrogens with zero attached hydrogens (tertiary/aromatic N) is 4. The van der Waals surface area contributed by atoms with Gasteiger partial charge in [-0.05, 0) is 54.9 Å². The number of anilines is 2. The fraction of sp³-hybridized carbons (Fsp3) is 0.429. The average molecular weight is 376 g/mol. The summed E-state index contributed by atoms with van der Waals surface area (Å²) >= 11 is 0. The monoisotopic (exact) mass is 376 g/mol. The molecule has 144 valence electrons. The standard InChI is InChI=1S/C21H24N6O/c1-12-8-13-6-7-15(10-14(13)9-12)25-21(28)18-17-19(22)23-11-24-20(17)27(26-18)16-4-2-3-5-16/h6-7,10-12,16H,2-5,8-9H2,1H3,(H,25,28)(H2,22,23,24). The lowest BCUT2D eigenvalue weighted by Crippen LogP contribution is -2.15. The van der Waals surface area contributed by atoms with Gasteiger partial charge in [0.05, 0.1) is 11.4 Å². The molecule has 7 nitrogen and oxygen atoms in total. The first-order chi connectivity index (χ1) is 13.6. The van der Waals surface area contributed by atoms with Gasteiger partial charge >= 0.3 is 0 Å². The molecule has 1 atom stereocenters. The van der Waals surface area contributed by atoms with Crippen LogP contribution in [0.5, 0.6) is 0 Å². The zero-order chi connectivity index (χ0) is 19.3. The van der Waals surface area contributed by atoms with Crippen molar-refractivity contribution in [3.05, 3.63) is 41.3 Å². The summed E-state index contributed by atoms with van der Waals surface area (Å²) in [6.07, 6.45) is 8.03. The Morgan fingerprint density at radius 1 is 1.18 bits per heavy atom. The number of carbonyl (C=O) groups excluding carboxylic acids is 1. The van der Waals surface area contributed by atoms with Crippen LogP contribution in [0.25, 0.3) is 11.0 Å². The minimum absolute atomic E-state index is 0.264. The molecule has 2 aromatic heterocycles. The Morgan fingerprint density at radius 3 is 2.79 bits per heavy atom. The lowest BCUT2D eigenvalue weighted by Gasteiger charge is -2.10. The Balaban J connectivity index is 1.50. The summed E-state index contributed by atoms with van der Waals surface area (Å²) in [6, 6.07) is 6.42. The molecule has 3 N–H and O–H groups in total. The van der Waals surface area contributed by atoms with Crippen molar-refractivity contribution >= 4 is 28.4 Å². The van der Waals surface area contributed by atoms with Gasteiger partial charge in [-0.15, -0.1) is 0 Å². The van der Waals surface area contributed by atoms with Crippen LogP contribution in [-0.2, 0) is 12.8 Å². The van der Waals surface area contributed by atoms with E-state index in [1.54, 1.807) is 0 Å². The second-order valence-electron chi connectivity index (χ2n) is 8.14. The number of hydrogen-bond acceptors (Lipinski definition) is 5. The molecule has 2 aliphatic carbocycles. The first-order valence-corrected chi connectivity index (χ1v) is 10.0. The van der Waals surface area contributed by atoms with Crippen LogP contribution in [-0.4, -0.2) is 25.7 Å². The maximum absolute atomic E-state index is 13.1. The number of carbonyl (C=O) groups is 1. The molecule has 1 aromatic carbocycles. The van der Waals surface area contributed by atoms with Gasteiger partial charge in [-0.25, -0.2) is 14.6 Å². The fourth-order valence-corrected chi connectivity index (χ4v) is 4.66. The largest absolute Gasteiger partial charge is 0.383 e. The van der Waals surface area contributed by atoms with Gasteiger partial charge in [0.25, 0.3) is 5.91 Å². The summed E-state index contributed by atoms with van der Waals surface area (Å²) in [6.45, 7) is 2.25. The molecular formula is C21H24N6O. The molecule has 28 heavy (non-hydrogen) atoms. The van der Waals surface area contributed by atoms with Crippen LogP contribution in [0, 0.1) is 5.92 Å². The highest BCUT2D eigenvalue weighted by molar-refractivity contribution is 6.13. The number of nitrogen functional groups attached to an aromatic ring is 1. The molecule has 7 heteroatoms. The van der Waals surface area contributed by atoms with E-state index in [4.69, 9.17) is 5.73 Å². The van der Waals surface area contributed by atoms with Crippen molar-refractivity contribution in [2.75, 3.05) is 11.1 Å². The smallest absolute Gasteiger partial charge is 0.277 e. The summed E-state index contributed by atoms with van der Waals surface area (Å²) in [4.78, 5) is 21.5. The van der Waals surface area contributed by atoms with Gasteiger partial charge in [-0.1, -0.05) is 25.8 Å². The minimum atomic E-state index is -0.269. The second kappa shape index (κ2) is 6.58. The van der Waals surface area contributed by atoms with Gasteiger partial charge in [0, 0.05) is 5.69 Å². The van der Waals surface area contributed by atoms with Crippen molar-refractivity contribution in [2.24, 2.45) is 5.92 Å². The van der Waals surface area contributed by atoms with Crippen LogP contribution in [0.3, 0.4) is 0 Å². The SMILES string of the molecule is CC1Cc2ccc(NC(=O)c3nn(C4CCCC4)c4ncnc(N)c34)cc2C1. The molecule has 0 aliphatic heterocycles. The summed E-state index contributed by atoms with van der Waals surface area (Å²) in [5.74, 6) is 0.681. The second-order valence-corrected chi connectivity index (χ2v) is 8.14. The molecule has 0 radical (unpaired) electrons. The van der Waals surface area contributed by atoms with E-state index in [1.807, 2.05) is 10.7 Å². The zero-order valence-corrected chi connectivity index (χ0v) is 16.0. The van der Waals surface area contributed by atoms with Gasteiger partial charge in [0.1, 0.15) is 12.1 Å². The van der Waals surface area contributed by atoms with Gasteiger partial charge in [-0.2, -0.15) is 5.10 Å². The topological polar surface area (TPSA) is 98.7 Å². The van der Waals surface area contributed by atoms with Crippen LogP contribution < -0.4 is 11.1 Å². The Hall–Kier alpha value is -2.96. The highest BCUT2D eigenvalue weighted by Gasteiger charge is 2.27. The Labute approximate surface area is 163 Å². The van der Waals surface area contributed by atoms with E-state index >= 15 is 0 Å². The molecule has 2 heterocycles. The first kappa shape index (κ1) is 17.2. The zero-order valence-electron chi connectivity index (χ0n) is 16.0. The summed E-state index contributed by atoms with van der Waals surface area (Å²) in [5.41, 5.74) is 10.5. The van der Waals surface area contributed by atoms with Crippen LogP contribution in [0.4, 0.5) is 11.5 Å². The Kier molecular flexibility index (Phi) is 4.03. The number of nitrogens with two attached hydrogens (primary N) is 1. The van der Waals surface area contributed by atoms with Crippen LogP contribution in [0.15, 0.2) is 24.5 Å². The normalized spacial score (nSPS) is 19.2. The van der Waals surface area contributed by atoms with E-state index in [9.17, 15) is 4.79 Å². The minimum Gasteiger partial charge on any atom is -0.383 e. The lowest BCUT2D eigenvalue weighted by molar-refractivity contribution is 0.102. The number of benzene rings is 1. The molecule has 1 amide bonds. The molecule has 0 bridgehead atoms. The van der Waals surface area contributed by atoms with Gasteiger partial charge in [-0.3, -0.25) is 4.79 Å². The number of nitrogens with one attached hydrogen (secondary N) is 1. The Morgan fingerprint density at radius 2 is 1.96 bits per heavy atom. The van der Waals surface area contributed by atoms with Crippen molar-refractivity contribution in [1.29, 1.82) is 0 Å². The van der Waals surface area contributed by atoms with E-state index in [0.717, 1.165) is 31.4 Å². The van der Waals surface area contributed by atoms with Crippen molar-refractivity contribution in [2.45, 2.75) is 51.5 Å². The van der Waals surface area contributed by atoms with E-state index in [0.29, 0.717) is 28.5 Å². The highest BCUT2D eigenvalue weighted by Crippen LogP contribution is 2.34. The molecule has 5 rings (SSSR count). The summed E-state index contributed by atoms with van der Waals surface area (Å²) in [5, 5.41) is 8.18. The molecule has 1 fully saturated rings. The van der Waals surface area contributed by atoms with Crippen molar-refractivity contribution in [3.63, 3.8) is 0 Å². The molecule has 3 aromatic rings. The number of aromatic nitrogens is 4. The van der Waals surface area contributed by atoms with Crippen LogP contribution in [0.1, 0.15) is 60.3 Å². The third-order valence-electron chi connectivity index (χ3n) is 6.00. The molecular weight excluding hydrogens is 352 g/mol. The first-order valence-electron chi connectivity index (χ1n) is 10.0. The van der Waals surface area contributed by atoms with Gasteiger partial charge in [0.15, 0.2) is 11.3 Å². The maximum atomic E-state index is 13.1. The van der Waals surface area contributed by atoms with Gasteiger partial charge < -0.3 is 11.1 Å². The number of amides is 1. The van der Waals surface area contributed by atoms with E-state index in [-0.39, 0.29) is 11.9 Å². The third kappa shape index (κ3) is 2.82. The molecule has 0 saturated heterocycles. The lowest BCUT2D eigenvalue weighted by atomic mass is 10.1. The van der Waals surface area contributed by atoms with Crippen molar-refractivity contribution < 1.29 is 4.79 Å². The fourth-order valence-electron chi connectivity index (χ4n) is 4.66. The van der Waals surface area contributed by atoms with Crippen LogP contribution in [0.2, 0.25) is 0 Å². The quantitative estimate of drug-likeness (QED) is 0.729. The Bertz CT molecular complexity index is 1070. The predicted molar refractivity (Wildman–Crippen MR) is 108 cm³/mol. The van der Waals surface area contributed by atoms with Crippen LogP contribution >= 0.6 is 0 Å². The summed E-state index contributed by atoms with van der Waals surface area (Å²) < 4.78 is 1.87. The number of rotatable bonds is 3. The molecule has 0 spiro atoms. The number of fused-ring (bicyclic) bond motifs is 2. The van der Waals surface area contributed by atoms with Gasteiger partial charge in [0.2, 0.25) is 0 Å². The third-order valence-corrected chi connectivity index (χ3v) is 6.00. The van der Waals surface area contributed by atoms with E-state index < -0.39 is 0 Å². The number of hydrogen-bond donors (Lipinski definition) is 2.